The van der Waals surface area contributed by atoms with Crippen LogP contribution in [0.25, 0.3) is 0 Å². The minimum Gasteiger partial charge on any atom is -0.398 e. The third kappa shape index (κ3) is 3.34. The molecule has 0 amide bonds. The molecule has 22 heavy (non-hydrogen) atoms. The summed E-state index contributed by atoms with van der Waals surface area (Å²) in [6.45, 7) is 2.11. The molecule has 110 valence electrons. The summed E-state index contributed by atoms with van der Waals surface area (Å²) in [5.41, 5.74) is 10.8. The summed E-state index contributed by atoms with van der Waals surface area (Å²) in [6.07, 6.45) is 0. The maximum atomic E-state index is 6.27. The van der Waals surface area contributed by atoms with Gasteiger partial charge < -0.3 is 5.73 Å². The summed E-state index contributed by atoms with van der Waals surface area (Å²) in [5, 5.41) is 0.198. The van der Waals surface area contributed by atoms with Crippen LogP contribution in [0.5, 0.6) is 0 Å². The van der Waals surface area contributed by atoms with Crippen LogP contribution in [0.1, 0.15) is 21.9 Å². The second kappa shape index (κ2) is 6.71. The highest BCUT2D eigenvalue weighted by atomic mass is 32.2. The van der Waals surface area contributed by atoms with Crippen molar-refractivity contribution in [1.82, 2.24) is 0 Å². The Hall–Kier alpha value is -2.19. The lowest BCUT2D eigenvalue weighted by atomic mass is 10.0. The van der Waals surface area contributed by atoms with Gasteiger partial charge in [0.25, 0.3) is 0 Å². The number of nitrogens with two attached hydrogens (primary N) is 1. The molecule has 0 saturated carbocycles. The molecule has 0 aromatic heterocycles. The number of nitrogen functional groups attached to an aromatic ring is 1. The molecule has 0 aliphatic rings. The van der Waals surface area contributed by atoms with Crippen molar-refractivity contribution in [3.8, 4) is 0 Å². The second-order valence-corrected chi connectivity index (χ2v) is 6.53. The highest BCUT2D eigenvalue weighted by Gasteiger charge is 2.18. The minimum atomic E-state index is 0.198. The van der Waals surface area contributed by atoms with E-state index in [-0.39, 0.29) is 5.25 Å². The molecule has 0 radical (unpaired) electrons. The molecular formula is C20H19NS. The van der Waals surface area contributed by atoms with Gasteiger partial charge >= 0.3 is 0 Å². The number of benzene rings is 3. The molecule has 0 spiro atoms. The van der Waals surface area contributed by atoms with Crippen LogP contribution in [0.3, 0.4) is 0 Å². The predicted octanol–water partition coefficient (Wildman–Crippen LogP) is 5.46. The van der Waals surface area contributed by atoms with Crippen LogP contribution in [0.15, 0.2) is 83.8 Å². The van der Waals surface area contributed by atoms with Crippen LogP contribution in [-0.4, -0.2) is 0 Å². The largest absolute Gasteiger partial charge is 0.398 e. The van der Waals surface area contributed by atoms with E-state index in [1.54, 1.807) is 0 Å². The second-order valence-electron chi connectivity index (χ2n) is 5.35. The van der Waals surface area contributed by atoms with Crippen molar-refractivity contribution >= 4 is 17.4 Å². The van der Waals surface area contributed by atoms with Gasteiger partial charge in [-0.25, -0.2) is 0 Å². The average molecular weight is 305 g/mol. The summed E-state index contributed by atoms with van der Waals surface area (Å²) in [7, 11) is 0. The first kappa shape index (κ1) is 14.7. The third-order valence-electron chi connectivity index (χ3n) is 3.62. The van der Waals surface area contributed by atoms with E-state index in [2.05, 4.69) is 67.6 Å². The van der Waals surface area contributed by atoms with E-state index in [0.29, 0.717) is 0 Å². The number of aryl methyl sites for hydroxylation is 1. The Kier molecular flexibility index (Phi) is 4.50. The van der Waals surface area contributed by atoms with E-state index in [9.17, 15) is 0 Å². The van der Waals surface area contributed by atoms with Crippen LogP contribution in [0, 0.1) is 6.92 Å². The zero-order valence-electron chi connectivity index (χ0n) is 12.6. The third-order valence-corrected chi connectivity index (χ3v) is 4.93. The van der Waals surface area contributed by atoms with Gasteiger partial charge in [-0.3, -0.25) is 0 Å². The lowest BCUT2D eigenvalue weighted by molar-refractivity contribution is 1.14. The predicted molar refractivity (Wildman–Crippen MR) is 96.2 cm³/mol. The van der Waals surface area contributed by atoms with E-state index in [0.717, 1.165) is 5.69 Å². The van der Waals surface area contributed by atoms with Gasteiger partial charge in [-0.05, 0) is 36.2 Å². The molecule has 0 aliphatic heterocycles. The Morgan fingerprint density at radius 1 is 0.818 bits per heavy atom. The molecule has 1 nitrogen and oxygen atoms in total. The van der Waals surface area contributed by atoms with Crippen LogP contribution in [0.4, 0.5) is 5.69 Å². The van der Waals surface area contributed by atoms with Crippen LogP contribution in [-0.2, 0) is 0 Å². The molecule has 0 aliphatic carbocycles. The first-order valence-corrected chi connectivity index (χ1v) is 8.24. The maximum Gasteiger partial charge on any atom is 0.0614 e. The average Bonchev–Trinajstić information content (AvgIpc) is 2.57. The zero-order valence-corrected chi connectivity index (χ0v) is 13.4. The molecule has 0 fully saturated rings. The van der Waals surface area contributed by atoms with Gasteiger partial charge in [-0.1, -0.05) is 66.2 Å². The van der Waals surface area contributed by atoms with Gasteiger partial charge in [-0.15, -0.1) is 11.8 Å². The summed E-state index contributed by atoms with van der Waals surface area (Å²) in [4.78, 5) is 1.25. The number of hydrogen-bond acceptors (Lipinski definition) is 2. The van der Waals surface area contributed by atoms with E-state index in [1.165, 1.54) is 21.6 Å². The fourth-order valence-corrected chi connectivity index (χ4v) is 3.71. The fraction of sp³-hybridized carbons (Fsp3) is 0.100. The van der Waals surface area contributed by atoms with Gasteiger partial charge in [0.15, 0.2) is 0 Å². The zero-order chi connectivity index (χ0) is 15.4. The Morgan fingerprint density at radius 3 is 2.14 bits per heavy atom. The van der Waals surface area contributed by atoms with Gasteiger partial charge in [0.05, 0.1) is 5.25 Å². The van der Waals surface area contributed by atoms with Crippen molar-refractivity contribution in [2.75, 3.05) is 5.73 Å². The quantitative estimate of drug-likeness (QED) is 0.511. The van der Waals surface area contributed by atoms with E-state index < -0.39 is 0 Å². The fourth-order valence-electron chi connectivity index (χ4n) is 2.50. The van der Waals surface area contributed by atoms with E-state index in [4.69, 9.17) is 5.73 Å². The summed E-state index contributed by atoms with van der Waals surface area (Å²) < 4.78 is 0. The van der Waals surface area contributed by atoms with Crippen LogP contribution < -0.4 is 5.73 Å². The van der Waals surface area contributed by atoms with E-state index >= 15 is 0 Å². The number of anilines is 1. The molecule has 2 heteroatoms. The van der Waals surface area contributed by atoms with Crippen LogP contribution in [0.2, 0.25) is 0 Å². The normalized spacial score (nSPS) is 12.0. The standard InChI is InChI=1S/C20H19NS/c1-15-12-13-19(21)18(14-15)20(16-8-4-2-5-9-16)22-17-10-6-3-7-11-17/h2-14,20H,21H2,1H3. The van der Waals surface area contributed by atoms with Crippen molar-refractivity contribution in [3.05, 3.63) is 95.6 Å². The highest BCUT2D eigenvalue weighted by Crippen LogP contribution is 2.42. The molecular weight excluding hydrogens is 286 g/mol. The van der Waals surface area contributed by atoms with Gasteiger partial charge in [-0.2, -0.15) is 0 Å². The number of rotatable bonds is 4. The van der Waals surface area contributed by atoms with Gasteiger partial charge in [0.2, 0.25) is 0 Å². The molecule has 2 N–H and O–H groups in total. The molecule has 0 saturated heterocycles. The first-order valence-electron chi connectivity index (χ1n) is 7.37. The Bertz CT molecular complexity index is 738. The number of thioether (sulfide) groups is 1. The molecule has 0 heterocycles. The molecule has 3 aromatic carbocycles. The molecule has 3 rings (SSSR count). The minimum absolute atomic E-state index is 0.198. The van der Waals surface area contributed by atoms with Crippen molar-refractivity contribution in [2.24, 2.45) is 0 Å². The van der Waals surface area contributed by atoms with E-state index in [1.807, 2.05) is 30.0 Å². The summed E-state index contributed by atoms with van der Waals surface area (Å²) >= 11 is 1.84. The number of hydrogen-bond donors (Lipinski definition) is 1. The Morgan fingerprint density at radius 2 is 1.45 bits per heavy atom. The molecule has 1 unspecified atom stereocenters. The molecule has 1 atom stereocenters. The van der Waals surface area contributed by atoms with Gasteiger partial charge in [0.1, 0.15) is 0 Å². The lowest BCUT2D eigenvalue weighted by Gasteiger charge is -2.20. The summed E-state index contributed by atoms with van der Waals surface area (Å²) in [5.74, 6) is 0. The highest BCUT2D eigenvalue weighted by molar-refractivity contribution is 7.99. The first-order chi connectivity index (χ1) is 10.7. The van der Waals surface area contributed by atoms with Crippen molar-refractivity contribution in [1.29, 1.82) is 0 Å². The Labute approximate surface area is 136 Å². The molecule has 0 bridgehead atoms. The monoisotopic (exact) mass is 305 g/mol. The molecule has 3 aromatic rings. The summed E-state index contributed by atoms with van der Waals surface area (Å²) in [6, 6.07) is 27.3. The van der Waals surface area contributed by atoms with Crippen molar-refractivity contribution < 1.29 is 0 Å². The maximum absolute atomic E-state index is 6.27. The Balaban J connectivity index is 2.05. The van der Waals surface area contributed by atoms with Crippen molar-refractivity contribution in [3.63, 3.8) is 0 Å². The smallest absolute Gasteiger partial charge is 0.0614 e. The lowest BCUT2D eigenvalue weighted by Crippen LogP contribution is -2.02. The van der Waals surface area contributed by atoms with Crippen molar-refractivity contribution in [2.45, 2.75) is 17.1 Å². The SMILES string of the molecule is Cc1ccc(N)c(C(Sc2ccccc2)c2ccccc2)c1. The van der Waals surface area contributed by atoms with Gasteiger partial charge in [0, 0.05) is 10.6 Å². The van der Waals surface area contributed by atoms with Crippen LogP contribution >= 0.6 is 11.8 Å². The topological polar surface area (TPSA) is 26.0 Å².